The molecule has 0 N–H and O–H groups in total. The molecule has 0 atom stereocenters. The van der Waals surface area contributed by atoms with Crippen LogP contribution in [0.1, 0.15) is 11.1 Å². The highest BCUT2D eigenvalue weighted by molar-refractivity contribution is 7.93. The third kappa shape index (κ3) is 6.03. The molecule has 3 rings (SSSR count). The largest absolute Gasteiger partial charge is 0.497 e. The van der Waals surface area contributed by atoms with E-state index in [4.69, 9.17) is 25.8 Å². The van der Waals surface area contributed by atoms with Crippen LogP contribution in [-0.4, -0.2) is 54.1 Å². The van der Waals surface area contributed by atoms with Gasteiger partial charge in [0.05, 0.1) is 32.0 Å². The highest BCUT2D eigenvalue weighted by Crippen LogP contribution is 2.34. The van der Waals surface area contributed by atoms with Crippen molar-refractivity contribution in [3.63, 3.8) is 0 Å². The maximum absolute atomic E-state index is 13.9. The van der Waals surface area contributed by atoms with E-state index in [2.05, 4.69) is 0 Å². The number of amides is 1. The summed E-state index contributed by atoms with van der Waals surface area (Å²) in [5, 5.41) is 0.213. The summed E-state index contributed by atoms with van der Waals surface area (Å²) in [6.45, 7) is 1.61. The Hall–Kier alpha value is -3.43. The first-order valence-corrected chi connectivity index (χ1v) is 12.8. The number of halogens is 1. The Bertz CT molecular complexity index is 1330. The first kappa shape index (κ1) is 27.2. The lowest BCUT2D eigenvalue weighted by Crippen LogP contribution is -2.41. The number of sulfonamides is 1. The molecule has 0 spiro atoms. The maximum atomic E-state index is 13.9. The molecule has 0 aliphatic heterocycles. The summed E-state index contributed by atoms with van der Waals surface area (Å²) in [6.07, 6.45) is 0. The number of hydrogen-bond acceptors (Lipinski definition) is 6. The van der Waals surface area contributed by atoms with E-state index in [0.29, 0.717) is 11.5 Å². The number of ether oxygens (including phenoxy) is 3. The summed E-state index contributed by atoms with van der Waals surface area (Å²) < 4.78 is 44.5. The van der Waals surface area contributed by atoms with Crippen LogP contribution in [0.2, 0.25) is 5.02 Å². The molecule has 0 fully saturated rings. The van der Waals surface area contributed by atoms with Crippen LogP contribution < -0.4 is 18.5 Å². The summed E-state index contributed by atoms with van der Waals surface area (Å²) in [5.41, 5.74) is 1.81. The number of anilines is 1. The van der Waals surface area contributed by atoms with Crippen LogP contribution in [0.3, 0.4) is 0 Å². The van der Waals surface area contributed by atoms with Gasteiger partial charge in [-0.05, 0) is 60.5 Å². The lowest BCUT2D eigenvalue weighted by atomic mass is 10.2. The predicted molar refractivity (Wildman–Crippen MR) is 140 cm³/mol. The zero-order valence-electron chi connectivity index (χ0n) is 20.8. The van der Waals surface area contributed by atoms with Crippen molar-refractivity contribution < 1.29 is 27.4 Å². The van der Waals surface area contributed by atoms with Gasteiger partial charge in [-0.2, -0.15) is 0 Å². The Kier molecular flexibility index (Phi) is 8.70. The van der Waals surface area contributed by atoms with Crippen LogP contribution in [0.5, 0.6) is 17.2 Å². The van der Waals surface area contributed by atoms with Gasteiger partial charge in [0, 0.05) is 13.6 Å². The number of nitrogens with zero attached hydrogens (tertiary/aromatic N) is 2. The average Bonchev–Trinajstić information content (AvgIpc) is 2.87. The molecule has 0 heterocycles. The van der Waals surface area contributed by atoms with Crippen molar-refractivity contribution in [3.05, 3.63) is 76.8 Å². The van der Waals surface area contributed by atoms with Gasteiger partial charge in [0.1, 0.15) is 28.7 Å². The summed E-state index contributed by atoms with van der Waals surface area (Å²) in [4.78, 5) is 14.7. The van der Waals surface area contributed by atoms with E-state index >= 15 is 0 Å². The van der Waals surface area contributed by atoms with Crippen LogP contribution in [-0.2, 0) is 21.4 Å². The van der Waals surface area contributed by atoms with Gasteiger partial charge in [0.15, 0.2) is 0 Å². The van der Waals surface area contributed by atoms with Crippen molar-refractivity contribution in [2.24, 2.45) is 0 Å². The van der Waals surface area contributed by atoms with Crippen molar-refractivity contribution in [2.75, 3.05) is 39.2 Å². The number of aryl methyl sites for hydroxylation is 1. The molecule has 0 bridgehead atoms. The Morgan fingerprint density at radius 3 is 2.11 bits per heavy atom. The minimum atomic E-state index is -4.22. The number of methoxy groups -OCH3 is 3. The topological polar surface area (TPSA) is 85.4 Å². The summed E-state index contributed by atoms with van der Waals surface area (Å²) >= 11 is 6.31. The van der Waals surface area contributed by atoms with Crippen molar-refractivity contribution in [1.82, 2.24) is 4.90 Å². The van der Waals surface area contributed by atoms with E-state index in [0.717, 1.165) is 15.4 Å². The SMILES string of the molecule is COc1ccc(CN(C)C(=O)CN(c2ccc(OC)c(Cl)c2)S(=O)(=O)c2cc(C)ccc2OC)cc1. The average molecular weight is 533 g/mol. The van der Waals surface area contributed by atoms with E-state index in [1.165, 1.54) is 31.3 Å². The molecule has 0 aromatic heterocycles. The number of likely N-dealkylation sites (N-methyl/N-ethyl adjacent to an activating group) is 1. The smallest absolute Gasteiger partial charge is 0.268 e. The fourth-order valence-electron chi connectivity index (χ4n) is 3.57. The van der Waals surface area contributed by atoms with Gasteiger partial charge in [-0.25, -0.2) is 8.42 Å². The molecule has 0 aliphatic rings. The van der Waals surface area contributed by atoms with E-state index in [9.17, 15) is 13.2 Å². The highest BCUT2D eigenvalue weighted by atomic mass is 35.5. The predicted octanol–water partition coefficient (Wildman–Crippen LogP) is 4.53. The molecular weight excluding hydrogens is 504 g/mol. The first-order valence-electron chi connectivity index (χ1n) is 11.0. The minimum Gasteiger partial charge on any atom is -0.497 e. The quantitative estimate of drug-likeness (QED) is 0.381. The van der Waals surface area contributed by atoms with Crippen LogP contribution >= 0.6 is 11.6 Å². The molecule has 0 radical (unpaired) electrons. The summed E-state index contributed by atoms with van der Waals surface area (Å²) in [7, 11) is 1.83. The Labute approximate surface area is 217 Å². The van der Waals surface area contributed by atoms with Gasteiger partial charge < -0.3 is 19.1 Å². The van der Waals surface area contributed by atoms with E-state index in [-0.39, 0.29) is 27.9 Å². The fourth-order valence-corrected chi connectivity index (χ4v) is 5.47. The Morgan fingerprint density at radius 2 is 1.53 bits per heavy atom. The molecule has 0 aliphatic carbocycles. The van der Waals surface area contributed by atoms with E-state index in [1.54, 1.807) is 57.5 Å². The second-order valence-corrected chi connectivity index (χ2v) is 10.3. The van der Waals surface area contributed by atoms with Crippen molar-refractivity contribution in [1.29, 1.82) is 0 Å². The molecule has 3 aromatic carbocycles. The van der Waals surface area contributed by atoms with Gasteiger partial charge in [-0.1, -0.05) is 29.8 Å². The summed E-state index contributed by atoms with van der Waals surface area (Å²) in [5.74, 6) is 0.847. The standard InChI is InChI=1S/C26H29ClN2O6S/c1-18-6-12-24(35-5)25(14-18)36(31,32)29(20-9-13-23(34-4)22(27)15-20)17-26(30)28(2)16-19-7-10-21(33-3)11-8-19/h6-15H,16-17H2,1-5H3. The van der Waals surface area contributed by atoms with Gasteiger partial charge in [0.2, 0.25) is 5.91 Å². The molecular formula is C26H29ClN2O6S. The van der Waals surface area contributed by atoms with Crippen molar-refractivity contribution in [3.8, 4) is 17.2 Å². The number of carbonyl (C=O) groups is 1. The van der Waals surface area contributed by atoms with Gasteiger partial charge in [0.25, 0.3) is 10.0 Å². The molecule has 0 saturated heterocycles. The van der Waals surface area contributed by atoms with Crippen LogP contribution in [0, 0.1) is 6.92 Å². The molecule has 1 amide bonds. The number of carbonyl (C=O) groups excluding carboxylic acids is 1. The van der Waals surface area contributed by atoms with Crippen molar-refractivity contribution in [2.45, 2.75) is 18.4 Å². The zero-order chi connectivity index (χ0) is 26.5. The first-order chi connectivity index (χ1) is 17.1. The monoisotopic (exact) mass is 532 g/mol. The van der Waals surface area contributed by atoms with Crippen molar-refractivity contribution >= 4 is 33.2 Å². The molecule has 3 aromatic rings. The number of hydrogen-bond donors (Lipinski definition) is 0. The number of benzene rings is 3. The molecule has 36 heavy (non-hydrogen) atoms. The molecule has 192 valence electrons. The molecule has 10 heteroatoms. The van der Waals surface area contributed by atoms with Crippen LogP contribution in [0.4, 0.5) is 5.69 Å². The van der Waals surface area contributed by atoms with Crippen LogP contribution in [0.15, 0.2) is 65.6 Å². The molecule has 8 nitrogen and oxygen atoms in total. The van der Waals surface area contributed by atoms with Gasteiger partial charge >= 0.3 is 0 Å². The zero-order valence-corrected chi connectivity index (χ0v) is 22.4. The third-order valence-electron chi connectivity index (χ3n) is 5.59. The molecule has 0 saturated carbocycles. The molecule has 0 unspecified atom stereocenters. The Balaban J connectivity index is 1.99. The van der Waals surface area contributed by atoms with Crippen LogP contribution in [0.25, 0.3) is 0 Å². The maximum Gasteiger partial charge on any atom is 0.268 e. The Morgan fingerprint density at radius 1 is 0.889 bits per heavy atom. The highest BCUT2D eigenvalue weighted by Gasteiger charge is 2.31. The van der Waals surface area contributed by atoms with Gasteiger partial charge in [-0.3, -0.25) is 9.10 Å². The van der Waals surface area contributed by atoms with Gasteiger partial charge in [-0.15, -0.1) is 0 Å². The van der Waals surface area contributed by atoms with E-state index < -0.39 is 22.5 Å². The third-order valence-corrected chi connectivity index (χ3v) is 7.68. The second-order valence-electron chi connectivity index (χ2n) is 8.08. The summed E-state index contributed by atoms with van der Waals surface area (Å²) in [6, 6.07) is 16.7. The lowest BCUT2D eigenvalue weighted by molar-refractivity contribution is -0.128. The normalized spacial score (nSPS) is 11.1. The van der Waals surface area contributed by atoms with E-state index in [1.807, 2.05) is 12.1 Å². The lowest BCUT2D eigenvalue weighted by Gasteiger charge is -2.27. The second kappa shape index (κ2) is 11.5. The number of rotatable bonds is 10. The minimum absolute atomic E-state index is 0.0532. The fraction of sp³-hybridized carbons (Fsp3) is 0.269.